The summed E-state index contributed by atoms with van der Waals surface area (Å²) in [4.78, 5) is 21.0. The van der Waals surface area contributed by atoms with E-state index in [1.54, 1.807) is 18.7 Å². The highest BCUT2D eigenvalue weighted by Crippen LogP contribution is 2.33. The maximum Gasteiger partial charge on any atom is 0.296 e. The van der Waals surface area contributed by atoms with Crippen molar-refractivity contribution in [1.82, 2.24) is 4.98 Å². The molecular weight excluding hydrogens is 266 g/mol. The van der Waals surface area contributed by atoms with E-state index in [2.05, 4.69) is 22.9 Å². The average Bonchev–Trinajstić information content (AvgIpc) is 2.84. The molecule has 1 aromatic carbocycles. The minimum absolute atomic E-state index is 0.115. The third-order valence-electron chi connectivity index (χ3n) is 3.83. The van der Waals surface area contributed by atoms with Gasteiger partial charge in [-0.15, -0.1) is 0 Å². The molecule has 0 aliphatic carbocycles. The van der Waals surface area contributed by atoms with E-state index in [4.69, 9.17) is 4.42 Å². The zero-order valence-corrected chi connectivity index (χ0v) is 12.6. The van der Waals surface area contributed by atoms with E-state index in [0.29, 0.717) is 23.9 Å². The Balaban J connectivity index is 2.00. The molecule has 0 saturated heterocycles. The van der Waals surface area contributed by atoms with Crippen LogP contribution in [0.2, 0.25) is 0 Å². The smallest absolute Gasteiger partial charge is 0.296 e. The van der Waals surface area contributed by atoms with Gasteiger partial charge in [-0.2, -0.15) is 0 Å². The van der Waals surface area contributed by atoms with Crippen molar-refractivity contribution in [2.75, 3.05) is 29.4 Å². The van der Waals surface area contributed by atoms with Crippen LogP contribution >= 0.6 is 0 Å². The highest BCUT2D eigenvalue weighted by molar-refractivity contribution is 6.07. The number of nitrogens with zero attached hydrogens (tertiary/aromatic N) is 3. The van der Waals surface area contributed by atoms with Crippen molar-refractivity contribution in [3.05, 3.63) is 41.6 Å². The summed E-state index contributed by atoms with van der Waals surface area (Å²) in [6.45, 7) is 8.09. The molecule has 21 heavy (non-hydrogen) atoms. The molecule has 1 aliphatic heterocycles. The standard InChI is InChI=1S/C16H19N3O2/c1-4-18-9-10-19(14-8-6-5-7-13(14)18)16(20)15-11(2)17-12(3)21-15/h5-8H,4,9-10H2,1-3H3. The van der Waals surface area contributed by atoms with Crippen molar-refractivity contribution in [2.45, 2.75) is 20.8 Å². The molecule has 1 amide bonds. The Morgan fingerprint density at radius 3 is 2.57 bits per heavy atom. The molecule has 0 bridgehead atoms. The quantitative estimate of drug-likeness (QED) is 0.851. The maximum absolute atomic E-state index is 12.8. The van der Waals surface area contributed by atoms with Crippen LogP contribution < -0.4 is 9.80 Å². The second-order valence-corrected chi connectivity index (χ2v) is 5.17. The van der Waals surface area contributed by atoms with Crippen molar-refractivity contribution in [1.29, 1.82) is 0 Å². The van der Waals surface area contributed by atoms with E-state index in [0.717, 1.165) is 24.5 Å². The molecule has 1 aromatic heterocycles. The zero-order valence-electron chi connectivity index (χ0n) is 12.6. The predicted molar refractivity (Wildman–Crippen MR) is 82.0 cm³/mol. The van der Waals surface area contributed by atoms with Crippen LogP contribution in [0.5, 0.6) is 0 Å². The van der Waals surface area contributed by atoms with Crippen molar-refractivity contribution in [3.63, 3.8) is 0 Å². The first-order chi connectivity index (χ1) is 10.1. The Morgan fingerprint density at radius 1 is 1.24 bits per heavy atom. The summed E-state index contributed by atoms with van der Waals surface area (Å²) in [5.74, 6) is 0.750. The van der Waals surface area contributed by atoms with Crippen LogP contribution in [-0.2, 0) is 0 Å². The lowest BCUT2D eigenvalue weighted by Gasteiger charge is -2.36. The Morgan fingerprint density at radius 2 is 1.95 bits per heavy atom. The Kier molecular flexibility index (Phi) is 3.41. The number of amides is 1. The summed E-state index contributed by atoms with van der Waals surface area (Å²) in [6.07, 6.45) is 0. The minimum atomic E-state index is -0.115. The number of para-hydroxylation sites is 2. The van der Waals surface area contributed by atoms with Gasteiger partial charge in [-0.3, -0.25) is 4.79 Å². The molecule has 0 spiro atoms. The maximum atomic E-state index is 12.8. The van der Waals surface area contributed by atoms with Gasteiger partial charge < -0.3 is 14.2 Å². The number of hydrogen-bond acceptors (Lipinski definition) is 4. The molecule has 2 heterocycles. The van der Waals surface area contributed by atoms with Gasteiger partial charge in [0.1, 0.15) is 0 Å². The van der Waals surface area contributed by atoms with Crippen molar-refractivity contribution in [2.24, 2.45) is 0 Å². The fraction of sp³-hybridized carbons (Fsp3) is 0.375. The van der Waals surface area contributed by atoms with E-state index in [1.807, 2.05) is 18.2 Å². The largest absolute Gasteiger partial charge is 0.436 e. The number of rotatable bonds is 2. The van der Waals surface area contributed by atoms with Gasteiger partial charge >= 0.3 is 0 Å². The van der Waals surface area contributed by atoms with Crippen molar-refractivity contribution >= 4 is 17.3 Å². The minimum Gasteiger partial charge on any atom is -0.436 e. The number of aryl methyl sites for hydroxylation is 2. The molecule has 0 saturated carbocycles. The first-order valence-electron chi connectivity index (χ1n) is 7.21. The summed E-state index contributed by atoms with van der Waals surface area (Å²) in [6, 6.07) is 7.99. The van der Waals surface area contributed by atoms with E-state index in [9.17, 15) is 4.79 Å². The number of anilines is 2. The summed E-state index contributed by atoms with van der Waals surface area (Å²) in [5.41, 5.74) is 2.67. The number of fused-ring (bicyclic) bond motifs is 1. The molecule has 5 heteroatoms. The second kappa shape index (κ2) is 5.24. The van der Waals surface area contributed by atoms with Crippen LogP contribution in [0.15, 0.2) is 28.7 Å². The second-order valence-electron chi connectivity index (χ2n) is 5.17. The number of carbonyl (C=O) groups excluding carboxylic acids is 1. The van der Waals surface area contributed by atoms with E-state index >= 15 is 0 Å². The Hall–Kier alpha value is -2.30. The molecule has 5 nitrogen and oxygen atoms in total. The Labute approximate surface area is 124 Å². The van der Waals surface area contributed by atoms with Gasteiger partial charge in [-0.1, -0.05) is 12.1 Å². The topological polar surface area (TPSA) is 49.6 Å². The van der Waals surface area contributed by atoms with Crippen LogP contribution in [0.3, 0.4) is 0 Å². The third-order valence-corrected chi connectivity index (χ3v) is 3.83. The lowest BCUT2D eigenvalue weighted by molar-refractivity contribution is 0.0958. The third kappa shape index (κ3) is 2.28. The van der Waals surface area contributed by atoms with E-state index < -0.39 is 0 Å². The Bertz CT molecular complexity index is 678. The fourth-order valence-corrected chi connectivity index (χ4v) is 2.81. The normalized spacial score (nSPS) is 14.2. The monoisotopic (exact) mass is 285 g/mol. The van der Waals surface area contributed by atoms with E-state index in [-0.39, 0.29) is 5.91 Å². The average molecular weight is 285 g/mol. The van der Waals surface area contributed by atoms with E-state index in [1.165, 1.54) is 0 Å². The zero-order chi connectivity index (χ0) is 15.0. The molecule has 0 radical (unpaired) electrons. The van der Waals surface area contributed by atoms with Gasteiger partial charge in [0.15, 0.2) is 5.89 Å². The summed E-state index contributed by atoms with van der Waals surface area (Å²) in [7, 11) is 0. The molecule has 2 aromatic rings. The van der Waals surface area contributed by atoms with Crippen LogP contribution in [0, 0.1) is 13.8 Å². The van der Waals surface area contributed by atoms with Gasteiger partial charge in [0.2, 0.25) is 5.76 Å². The first-order valence-corrected chi connectivity index (χ1v) is 7.21. The van der Waals surface area contributed by atoms with Crippen LogP contribution in [0.1, 0.15) is 29.1 Å². The van der Waals surface area contributed by atoms with Crippen LogP contribution in [-0.4, -0.2) is 30.5 Å². The summed E-state index contributed by atoms with van der Waals surface area (Å²) >= 11 is 0. The first kappa shape index (κ1) is 13.7. The molecule has 110 valence electrons. The summed E-state index contributed by atoms with van der Waals surface area (Å²) < 4.78 is 5.48. The number of aromatic nitrogens is 1. The van der Waals surface area contributed by atoms with Crippen molar-refractivity contribution in [3.8, 4) is 0 Å². The van der Waals surface area contributed by atoms with Gasteiger partial charge in [0.05, 0.1) is 17.1 Å². The number of benzene rings is 1. The molecule has 3 rings (SSSR count). The number of hydrogen-bond donors (Lipinski definition) is 0. The molecular formula is C16H19N3O2. The predicted octanol–water partition coefficient (Wildman–Crippen LogP) is 2.78. The van der Waals surface area contributed by atoms with Gasteiger partial charge in [-0.05, 0) is 26.0 Å². The highest BCUT2D eigenvalue weighted by atomic mass is 16.4. The van der Waals surface area contributed by atoms with Gasteiger partial charge in [0.25, 0.3) is 5.91 Å². The highest BCUT2D eigenvalue weighted by Gasteiger charge is 2.29. The summed E-state index contributed by atoms with van der Waals surface area (Å²) in [5, 5.41) is 0. The fourth-order valence-electron chi connectivity index (χ4n) is 2.81. The molecule has 0 unspecified atom stereocenters. The molecule has 0 N–H and O–H groups in total. The number of carbonyl (C=O) groups is 1. The number of oxazole rings is 1. The van der Waals surface area contributed by atoms with Crippen molar-refractivity contribution < 1.29 is 9.21 Å². The van der Waals surface area contributed by atoms with Crippen LogP contribution in [0.25, 0.3) is 0 Å². The lowest BCUT2D eigenvalue weighted by Crippen LogP contribution is -2.44. The SMILES string of the molecule is CCN1CCN(C(=O)c2oc(C)nc2C)c2ccccc21. The van der Waals surface area contributed by atoms with Gasteiger partial charge in [-0.25, -0.2) is 4.98 Å². The number of likely N-dealkylation sites (N-methyl/N-ethyl adjacent to an activating group) is 1. The lowest BCUT2D eigenvalue weighted by atomic mass is 10.1. The van der Waals surface area contributed by atoms with Crippen LogP contribution in [0.4, 0.5) is 11.4 Å². The molecule has 0 fully saturated rings. The molecule has 1 aliphatic rings. The van der Waals surface area contributed by atoms with Gasteiger partial charge in [0, 0.05) is 26.6 Å². The molecule has 0 atom stereocenters.